The largest absolute Gasteiger partial charge is 0.457 e. The summed E-state index contributed by atoms with van der Waals surface area (Å²) < 4.78 is 5.18. The number of carbonyl (C=O) groups is 2. The van der Waals surface area contributed by atoms with Gasteiger partial charge in [0.2, 0.25) is 6.29 Å². The highest BCUT2D eigenvalue weighted by Crippen LogP contribution is 2.35. The maximum Gasteiger partial charge on any atom is 0.371 e. The summed E-state index contributed by atoms with van der Waals surface area (Å²) in [6, 6.07) is 0. The Bertz CT molecular complexity index is 235. The van der Waals surface area contributed by atoms with Gasteiger partial charge in [0.05, 0.1) is 0 Å². The fourth-order valence-electron chi connectivity index (χ4n) is 2.43. The average Bonchev–Trinajstić information content (AvgIpc) is 2.17. The molecule has 0 spiro atoms. The molecule has 15 heavy (non-hydrogen) atoms. The molecule has 0 aromatic heterocycles. The fourth-order valence-corrected chi connectivity index (χ4v) is 2.43. The molecule has 0 heterocycles. The second-order valence-corrected chi connectivity index (χ2v) is 4.92. The van der Waals surface area contributed by atoms with E-state index in [1.165, 1.54) is 6.42 Å². The van der Waals surface area contributed by atoms with Crippen molar-refractivity contribution in [2.45, 2.75) is 46.1 Å². The summed E-state index contributed by atoms with van der Waals surface area (Å²) in [6.07, 6.45) is 3.37. The number of ether oxygens (including phenoxy) is 1. The van der Waals surface area contributed by atoms with Gasteiger partial charge < -0.3 is 4.74 Å². The summed E-state index contributed by atoms with van der Waals surface area (Å²) in [4.78, 5) is 21.2. The van der Waals surface area contributed by atoms with Crippen LogP contribution < -0.4 is 0 Å². The molecular formula is C12H20O3. The SMILES string of the molecule is CC(C)[C@@H]1CC[C@H](C)C[C@H]1OC(=O)C=O. The van der Waals surface area contributed by atoms with Gasteiger partial charge in [-0.1, -0.05) is 27.2 Å². The van der Waals surface area contributed by atoms with Crippen LogP contribution in [0.1, 0.15) is 40.0 Å². The van der Waals surface area contributed by atoms with Crippen molar-refractivity contribution in [1.29, 1.82) is 0 Å². The van der Waals surface area contributed by atoms with Crippen molar-refractivity contribution in [3.05, 3.63) is 0 Å². The molecule has 3 atom stereocenters. The highest BCUT2D eigenvalue weighted by Gasteiger charge is 2.33. The van der Waals surface area contributed by atoms with Gasteiger partial charge in [0.1, 0.15) is 6.10 Å². The third kappa shape index (κ3) is 3.33. The molecule has 0 bridgehead atoms. The minimum atomic E-state index is -0.722. The summed E-state index contributed by atoms with van der Waals surface area (Å²) >= 11 is 0. The van der Waals surface area contributed by atoms with Gasteiger partial charge in [-0.2, -0.15) is 0 Å². The Morgan fingerprint density at radius 3 is 2.60 bits per heavy atom. The van der Waals surface area contributed by atoms with Crippen molar-refractivity contribution in [3.8, 4) is 0 Å². The molecule has 1 aliphatic carbocycles. The molecule has 0 amide bonds. The second kappa shape index (κ2) is 5.29. The van der Waals surface area contributed by atoms with E-state index in [0.717, 1.165) is 12.8 Å². The van der Waals surface area contributed by atoms with Crippen LogP contribution in [0.4, 0.5) is 0 Å². The van der Waals surface area contributed by atoms with E-state index < -0.39 is 5.97 Å². The predicted octanol–water partition coefficient (Wildman–Crippen LogP) is 2.19. The number of hydrogen-bond acceptors (Lipinski definition) is 3. The highest BCUT2D eigenvalue weighted by atomic mass is 16.5. The quantitative estimate of drug-likeness (QED) is 0.409. The minimum Gasteiger partial charge on any atom is -0.457 e. The Morgan fingerprint density at radius 2 is 2.07 bits per heavy atom. The first-order valence-corrected chi connectivity index (χ1v) is 5.70. The molecule has 1 fully saturated rings. The third-order valence-electron chi connectivity index (χ3n) is 3.33. The van der Waals surface area contributed by atoms with Gasteiger partial charge in [-0.15, -0.1) is 0 Å². The zero-order valence-corrected chi connectivity index (χ0v) is 9.73. The molecule has 3 nitrogen and oxygen atoms in total. The minimum absolute atomic E-state index is 0.0635. The molecule has 1 aliphatic rings. The molecule has 0 unspecified atom stereocenters. The maximum absolute atomic E-state index is 11.0. The smallest absolute Gasteiger partial charge is 0.371 e. The Balaban J connectivity index is 2.61. The lowest BCUT2D eigenvalue weighted by Gasteiger charge is -2.36. The van der Waals surface area contributed by atoms with E-state index in [2.05, 4.69) is 20.8 Å². The first-order valence-electron chi connectivity index (χ1n) is 5.70. The van der Waals surface area contributed by atoms with Gasteiger partial charge in [-0.25, -0.2) is 4.79 Å². The average molecular weight is 212 g/mol. The van der Waals surface area contributed by atoms with Crippen molar-refractivity contribution in [1.82, 2.24) is 0 Å². The zero-order valence-electron chi connectivity index (χ0n) is 9.73. The second-order valence-electron chi connectivity index (χ2n) is 4.92. The molecule has 0 aromatic carbocycles. The van der Waals surface area contributed by atoms with Gasteiger partial charge >= 0.3 is 5.97 Å². The van der Waals surface area contributed by atoms with Crippen LogP contribution in [-0.4, -0.2) is 18.4 Å². The molecule has 0 aromatic rings. The summed E-state index contributed by atoms with van der Waals surface area (Å²) in [5, 5.41) is 0. The van der Waals surface area contributed by atoms with Gasteiger partial charge in [-0.05, 0) is 30.6 Å². The van der Waals surface area contributed by atoms with E-state index in [0.29, 0.717) is 17.8 Å². The van der Waals surface area contributed by atoms with Crippen molar-refractivity contribution < 1.29 is 14.3 Å². The van der Waals surface area contributed by atoms with Crippen molar-refractivity contribution in [3.63, 3.8) is 0 Å². The Kier molecular flexibility index (Phi) is 4.30. The van der Waals surface area contributed by atoms with Crippen LogP contribution in [-0.2, 0) is 14.3 Å². The molecule has 86 valence electrons. The number of hydrogen-bond donors (Lipinski definition) is 0. The van der Waals surface area contributed by atoms with E-state index in [-0.39, 0.29) is 12.4 Å². The lowest BCUT2D eigenvalue weighted by atomic mass is 9.75. The lowest BCUT2D eigenvalue weighted by molar-refractivity contribution is -0.158. The molecule has 0 aliphatic heterocycles. The van der Waals surface area contributed by atoms with Gasteiger partial charge in [0, 0.05) is 0 Å². The fraction of sp³-hybridized carbons (Fsp3) is 0.833. The molecule has 0 radical (unpaired) electrons. The highest BCUT2D eigenvalue weighted by molar-refractivity contribution is 6.20. The van der Waals surface area contributed by atoms with E-state index in [1.54, 1.807) is 0 Å². The summed E-state index contributed by atoms with van der Waals surface area (Å²) in [5.41, 5.74) is 0. The molecule has 0 N–H and O–H groups in total. The summed E-state index contributed by atoms with van der Waals surface area (Å²) in [6.45, 7) is 6.45. The van der Waals surface area contributed by atoms with Crippen LogP contribution in [0.3, 0.4) is 0 Å². The molecule has 1 saturated carbocycles. The van der Waals surface area contributed by atoms with E-state index in [9.17, 15) is 9.59 Å². The lowest BCUT2D eigenvalue weighted by Crippen LogP contribution is -2.36. The molecule has 1 rings (SSSR count). The first kappa shape index (κ1) is 12.2. The number of aldehydes is 1. The molecule has 0 saturated heterocycles. The molecule has 3 heteroatoms. The van der Waals surface area contributed by atoms with Crippen molar-refractivity contribution in [2.24, 2.45) is 17.8 Å². The first-order chi connectivity index (χ1) is 7.04. The Morgan fingerprint density at radius 1 is 1.40 bits per heavy atom. The Labute approximate surface area is 91.2 Å². The number of rotatable bonds is 3. The third-order valence-corrected chi connectivity index (χ3v) is 3.33. The standard InChI is InChI=1S/C12H20O3/c1-8(2)10-5-4-9(3)6-11(10)15-12(14)7-13/h7-11H,4-6H2,1-3H3/t9-,10-,11+/m0/s1. The summed E-state index contributed by atoms with van der Waals surface area (Å²) in [5.74, 6) is 0.774. The normalized spacial score (nSPS) is 31.3. The van der Waals surface area contributed by atoms with Crippen LogP contribution >= 0.6 is 0 Å². The van der Waals surface area contributed by atoms with E-state index >= 15 is 0 Å². The van der Waals surface area contributed by atoms with Crippen LogP contribution in [0.5, 0.6) is 0 Å². The summed E-state index contributed by atoms with van der Waals surface area (Å²) in [7, 11) is 0. The van der Waals surface area contributed by atoms with E-state index in [1.807, 2.05) is 0 Å². The van der Waals surface area contributed by atoms with Crippen LogP contribution in [0, 0.1) is 17.8 Å². The monoisotopic (exact) mass is 212 g/mol. The van der Waals surface area contributed by atoms with Gasteiger partial charge in [0.15, 0.2) is 0 Å². The predicted molar refractivity (Wildman–Crippen MR) is 57.3 cm³/mol. The number of carbonyl (C=O) groups excluding carboxylic acids is 2. The van der Waals surface area contributed by atoms with Gasteiger partial charge in [0.25, 0.3) is 0 Å². The maximum atomic E-state index is 11.0. The topological polar surface area (TPSA) is 43.4 Å². The van der Waals surface area contributed by atoms with Gasteiger partial charge in [-0.3, -0.25) is 4.79 Å². The van der Waals surface area contributed by atoms with E-state index in [4.69, 9.17) is 4.74 Å². The molecular weight excluding hydrogens is 192 g/mol. The van der Waals surface area contributed by atoms with Crippen LogP contribution in [0.25, 0.3) is 0 Å². The Hall–Kier alpha value is -0.860. The zero-order chi connectivity index (χ0) is 11.4. The van der Waals surface area contributed by atoms with Crippen molar-refractivity contribution >= 4 is 12.3 Å². The van der Waals surface area contributed by atoms with Crippen molar-refractivity contribution in [2.75, 3.05) is 0 Å². The van der Waals surface area contributed by atoms with Crippen LogP contribution in [0.2, 0.25) is 0 Å². The van der Waals surface area contributed by atoms with Crippen LogP contribution in [0.15, 0.2) is 0 Å². The number of esters is 1.